The monoisotopic (exact) mass is 403 g/mol. The second kappa shape index (κ2) is 9.43. The molecule has 0 aliphatic carbocycles. The number of aromatic nitrogens is 3. The molecular weight excluding hydrogens is 374 g/mol. The third kappa shape index (κ3) is 4.67. The first-order valence-corrected chi connectivity index (χ1v) is 10.7. The van der Waals surface area contributed by atoms with Gasteiger partial charge in [-0.2, -0.15) is 0 Å². The Balaban J connectivity index is 1.98. The number of carbonyl (C=O) groups is 1. The second-order valence-corrected chi connectivity index (χ2v) is 8.43. The van der Waals surface area contributed by atoms with Gasteiger partial charge in [-0.25, -0.2) is 0 Å². The third-order valence-electron chi connectivity index (χ3n) is 4.61. The lowest BCUT2D eigenvalue weighted by Gasteiger charge is -2.28. The number of para-hydroxylation sites is 1. The number of nitrogens with zero attached hydrogens (tertiary/aromatic N) is 4. The molecule has 0 bridgehead atoms. The number of carbonyl (C=O) groups excluding carboxylic acids is 1. The van der Waals surface area contributed by atoms with Crippen LogP contribution >= 0.6 is 11.8 Å². The van der Waals surface area contributed by atoms with Crippen LogP contribution in [-0.2, 0) is 16.0 Å². The van der Waals surface area contributed by atoms with E-state index >= 15 is 0 Å². The van der Waals surface area contributed by atoms with Gasteiger partial charge in [-0.15, -0.1) is 10.2 Å². The first-order chi connectivity index (χ1) is 13.5. The zero-order valence-electron chi connectivity index (χ0n) is 17.0. The first kappa shape index (κ1) is 20.7. The van der Waals surface area contributed by atoms with Gasteiger partial charge in [-0.05, 0) is 38.8 Å². The molecule has 3 rings (SSSR count). The molecule has 1 aliphatic rings. The molecule has 1 fully saturated rings. The van der Waals surface area contributed by atoms with Gasteiger partial charge in [-0.1, -0.05) is 36.9 Å². The summed E-state index contributed by atoms with van der Waals surface area (Å²) < 4.78 is 7.59. The van der Waals surface area contributed by atoms with Crippen LogP contribution < -0.4 is 10.2 Å². The highest BCUT2D eigenvalue weighted by Gasteiger charge is 2.25. The van der Waals surface area contributed by atoms with E-state index in [1.165, 1.54) is 17.3 Å². The molecule has 2 heterocycles. The van der Waals surface area contributed by atoms with Gasteiger partial charge in [0.05, 0.1) is 24.2 Å². The van der Waals surface area contributed by atoms with Gasteiger partial charge in [0.2, 0.25) is 11.9 Å². The molecule has 28 heavy (non-hydrogen) atoms. The molecule has 0 radical (unpaired) electrons. The van der Waals surface area contributed by atoms with Crippen molar-refractivity contribution in [3.05, 3.63) is 29.8 Å². The summed E-state index contributed by atoms with van der Waals surface area (Å²) in [6, 6.07) is 8.41. The smallest absolute Gasteiger partial charge is 0.233 e. The highest BCUT2D eigenvalue weighted by atomic mass is 32.2. The van der Waals surface area contributed by atoms with Crippen molar-refractivity contribution in [2.24, 2.45) is 0 Å². The van der Waals surface area contributed by atoms with Crippen molar-refractivity contribution in [1.82, 2.24) is 20.1 Å². The van der Waals surface area contributed by atoms with Gasteiger partial charge in [-0.3, -0.25) is 9.36 Å². The lowest BCUT2D eigenvalue weighted by atomic mass is 10.1. The van der Waals surface area contributed by atoms with E-state index in [1.807, 2.05) is 32.9 Å². The summed E-state index contributed by atoms with van der Waals surface area (Å²) in [6.45, 7) is 10.9. The molecule has 0 spiro atoms. The van der Waals surface area contributed by atoms with Gasteiger partial charge in [0.15, 0.2) is 5.16 Å². The quantitative estimate of drug-likeness (QED) is 0.717. The Kier molecular flexibility index (Phi) is 6.96. The maximum absolute atomic E-state index is 12.4. The van der Waals surface area contributed by atoms with Crippen molar-refractivity contribution in [1.29, 1.82) is 0 Å². The summed E-state index contributed by atoms with van der Waals surface area (Å²) in [5.41, 5.74) is 2.29. The average molecular weight is 404 g/mol. The Morgan fingerprint density at radius 2 is 1.93 bits per heavy atom. The number of rotatable bonds is 7. The molecule has 2 aromatic rings. The fraction of sp³-hybridized carbons (Fsp3) is 0.550. The van der Waals surface area contributed by atoms with E-state index in [2.05, 4.69) is 44.0 Å². The zero-order chi connectivity index (χ0) is 20.1. The van der Waals surface area contributed by atoms with Crippen LogP contribution in [0.1, 0.15) is 33.3 Å². The fourth-order valence-corrected chi connectivity index (χ4v) is 4.02. The van der Waals surface area contributed by atoms with Crippen molar-refractivity contribution in [3.63, 3.8) is 0 Å². The van der Waals surface area contributed by atoms with Crippen molar-refractivity contribution < 1.29 is 9.53 Å². The lowest BCUT2D eigenvalue weighted by Crippen LogP contribution is -2.38. The first-order valence-electron chi connectivity index (χ1n) is 9.84. The SMILES string of the molecule is CCc1ccccc1-n1c(S[C@H](C)C(=O)NC(C)C)nnc1N1CCOCC1. The fourth-order valence-electron chi connectivity index (χ4n) is 3.16. The van der Waals surface area contributed by atoms with Crippen molar-refractivity contribution in [2.75, 3.05) is 31.2 Å². The third-order valence-corrected chi connectivity index (χ3v) is 5.65. The molecule has 1 saturated heterocycles. The van der Waals surface area contributed by atoms with Gasteiger partial charge >= 0.3 is 0 Å². The molecule has 1 amide bonds. The Morgan fingerprint density at radius 1 is 1.21 bits per heavy atom. The number of morpholine rings is 1. The van der Waals surface area contributed by atoms with Crippen LogP contribution in [0.25, 0.3) is 5.69 Å². The minimum Gasteiger partial charge on any atom is -0.378 e. The maximum Gasteiger partial charge on any atom is 0.233 e. The molecule has 152 valence electrons. The molecule has 1 atom stereocenters. The zero-order valence-corrected chi connectivity index (χ0v) is 17.8. The summed E-state index contributed by atoms with van der Waals surface area (Å²) in [5.74, 6) is 0.814. The molecule has 1 aromatic carbocycles. The second-order valence-electron chi connectivity index (χ2n) is 7.12. The predicted octanol–water partition coefficient (Wildman–Crippen LogP) is 2.67. The van der Waals surface area contributed by atoms with Crippen molar-refractivity contribution >= 4 is 23.6 Å². The van der Waals surface area contributed by atoms with Crippen LogP contribution in [0, 0.1) is 0 Å². The number of aryl methyl sites for hydroxylation is 1. The molecule has 0 saturated carbocycles. The summed E-state index contributed by atoms with van der Waals surface area (Å²) in [6.07, 6.45) is 0.907. The number of hydrogen-bond acceptors (Lipinski definition) is 6. The Labute approximate surface area is 170 Å². The number of amides is 1. The number of anilines is 1. The van der Waals surface area contributed by atoms with E-state index in [0.717, 1.165) is 36.3 Å². The highest BCUT2D eigenvalue weighted by Crippen LogP contribution is 2.31. The Hall–Kier alpha value is -2.06. The number of benzene rings is 1. The normalized spacial score (nSPS) is 15.7. The van der Waals surface area contributed by atoms with Crippen LogP contribution in [0.15, 0.2) is 29.4 Å². The van der Waals surface area contributed by atoms with Crippen molar-refractivity contribution in [3.8, 4) is 5.69 Å². The largest absolute Gasteiger partial charge is 0.378 e. The molecule has 7 nitrogen and oxygen atoms in total. The molecular formula is C20H29N5O2S. The topological polar surface area (TPSA) is 72.3 Å². The van der Waals surface area contributed by atoms with E-state index in [1.54, 1.807) is 0 Å². The average Bonchev–Trinajstić information content (AvgIpc) is 3.11. The molecule has 1 aliphatic heterocycles. The van der Waals surface area contributed by atoms with E-state index in [4.69, 9.17) is 4.74 Å². The predicted molar refractivity (Wildman–Crippen MR) is 112 cm³/mol. The highest BCUT2D eigenvalue weighted by molar-refractivity contribution is 8.00. The van der Waals surface area contributed by atoms with Gasteiger partial charge in [0.25, 0.3) is 0 Å². The summed E-state index contributed by atoms with van der Waals surface area (Å²) >= 11 is 1.44. The molecule has 1 aromatic heterocycles. The standard InChI is InChI=1S/C20H29N5O2S/c1-5-16-8-6-7-9-17(16)25-19(24-10-12-27-13-11-24)22-23-20(25)28-15(4)18(26)21-14(2)3/h6-9,14-15H,5,10-13H2,1-4H3,(H,21,26)/t15-/m1/s1. The van der Waals surface area contributed by atoms with Gasteiger partial charge in [0.1, 0.15) is 0 Å². The molecule has 1 N–H and O–H groups in total. The number of thioether (sulfide) groups is 1. The Bertz CT molecular complexity index is 802. The number of ether oxygens (including phenoxy) is 1. The lowest BCUT2D eigenvalue weighted by molar-refractivity contribution is -0.120. The van der Waals surface area contributed by atoms with E-state index < -0.39 is 0 Å². The van der Waals surface area contributed by atoms with Crippen LogP contribution in [-0.4, -0.2) is 58.3 Å². The summed E-state index contributed by atoms with van der Waals surface area (Å²) in [5, 5.41) is 12.4. The van der Waals surface area contributed by atoms with Gasteiger partial charge in [0, 0.05) is 19.1 Å². The minimum absolute atomic E-state index is 0.00579. The minimum atomic E-state index is -0.267. The Morgan fingerprint density at radius 3 is 2.61 bits per heavy atom. The number of hydrogen-bond donors (Lipinski definition) is 1. The van der Waals surface area contributed by atoms with Gasteiger partial charge < -0.3 is 15.0 Å². The van der Waals surface area contributed by atoms with Crippen LogP contribution in [0.5, 0.6) is 0 Å². The van der Waals surface area contributed by atoms with E-state index in [0.29, 0.717) is 13.2 Å². The molecule has 0 unspecified atom stereocenters. The summed E-state index contributed by atoms with van der Waals surface area (Å²) in [7, 11) is 0. The van der Waals surface area contributed by atoms with Crippen LogP contribution in [0.2, 0.25) is 0 Å². The maximum atomic E-state index is 12.4. The van der Waals surface area contributed by atoms with Crippen LogP contribution in [0.3, 0.4) is 0 Å². The molecule has 8 heteroatoms. The van der Waals surface area contributed by atoms with Crippen molar-refractivity contribution in [2.45, 2.75) is 50.6 Å². The van der Waals surface area contributed by atoms with E-state index in [9.17, 15) is 4.79 Å². The van der Waals surface area contributed by atoms with Crippen LogP contribution in [0.4, 0.5) is 5.95 Å². The van der Waals surface area contributed by atoms with E-state index in [-0.39, 0.29) is 17.2 Å². The summed E-state index contributed by atoms with van der Waals surface area (Å²) in [4.78, 5) is 14.6. The number of nitrogens with one attached hydrogen (secondary N) is 1.